The number of hydrogen-bond donors (Lipinski definition) is 1. The topological polar surface area (TPSA) is 46.5 Å². The van der Waals surface area contributed by atoms with Crippen LogP contribution in [0, 0.1) is 5.92 Å². The summed E-state index contributed by atoms with van der Waals surface area (Å²) in [7, 11) is 0. The van der Waals surface area contributed by atoms with Gasteiger partial charge in [-0.3, -0.25) is 0 Å². The van der Waals surface area contributed by atoms with Crippen LogP contribution in [0.2, 0.25) is 0 Å². The number of esters is 1. The van der Waals surface area contributed by atoms with E-state index in [0.29, 0.717) is 6.42 Å². The molecule has 0 aromatic heterocycles. The third kappa shape index (κ3) is 4.91. The van der Waals surface area contributed by atoms with Gasteiger partial charge in [-0.05, 0) is 12.3 Å². The van der Waals surface area contributed by atoms with Crippen molar-refractivity contribution in [3.63, 3.8) is 0 Å². The van der Waals surface area contributed by atoms with Crippen molar-refractivity contribution in [1.82, 2.24) is 0 Å². The second kappa shape index (κ2) is 5.77. The van der Waals surface area contributed by atoms with Crippen LogP contribution in [0.1, 0.15) is 20.3 Å². The van der Waals surface area contributed by atoms with Gasteiger partial charge >= 0.3 is 5.97 Å². The van der Waals surface area contributed by atoms with Gasteiger partial charge in [0.15, 0.2) is 6.10 Å². The van der Waals surface area contributed by atoms with Crippen molar-refractivity contribution in [1.29, 1.82) is 0 Å². The Kier molecular flexibility index (Phi) is 5.37. The van der Waals surface area contributed by atoms with Gasteiger partial charge in [-0.2, -0.15) is 0 Å². The minimum atomic E-state index is -0.995. The zero-order valence-electron chi connectivity index (χ0n) is 7.62. The number of hydrogen-bond acceptors (Lipinski definition) is 3. The quantitative estimate of drug-likeness (QED) is 0.499. The van der Waals surface area contributed by atoms with Crippen molar-refractivity contribution in [2.24, 2.45) is 5.92 Å². The van der Waals surface area contributed by atoms with Gasteiger partial charge in [0.05, 0.1) is 0 Å². The standard InChI is InChI=1S/C9H16O3/c1-4-5-12-9(11)8(10)6-7(2)3/h4,7-8,10H,1,5-6H2,2-3H3/t8-/m1/s1. The van der Waals surface area contributed by atoms with E-state index < -0.39 is 12.1 Å². The van der Waals surface area contributed by atoms with Crippen LogP contribution >= 0.6 is 0 Å². The molecule has 1 N–H and O–H groups in total. The van der Waals surface area contributed by atoms with Crippen LogP contribution in [0.25, 0.3) is 0 Å². The number of ether oxygens (including phenoxy) is 1. The Labute approximate surface area is 73.0 Å². The summed E-state index contributed by atoms with van der Waals surface area (Å²) in [4.78, 5) is 10.9. The molecular formula is C9H16O3. The van der Waals surface area contributed by atoms with Gasteiger partial charge in [0.2, 0.25) is 0 Å². The minimum Gasteiger partial charge on any atom is -0.460 e. The smallest absolute Gasteiger partial charge is 0.335 e. The fourth-order valence-electron chi connectivity index (χ4n) is 0.780. The molecule has 0 radical (unpaired) electrons. The van der Waals surface area contributed by atoms with Crippen LogP contribution < -0.4 is 0 Å². The molecule has 0 saturated heterocycles. The third-order valence-electron chi connectivity index (χ3n) is 1.31. The van der Waals surface area contributed by atoms with E-state index in [4.69, 9.17) is 0 Å². The molecule has 12 heavy (non-hydrogen) atoms. The molecule has 0 aliphatic heterocycles. The van der Waals surface area contributed by atoms with Gasteiger partial charge in [0.25, 0.3) is 0 Å². The molecule has 3 nitrogen and oxygen atoms in total. The zero-order chi connectivity index (χ0) is 9.56. The summed E-state index contributed by atoms with van der Waals surface area (Å²) in [6.45, 7) is 7.42. The van der Waals surface area contributed by atoms with Crippen LogP contribution in [0.3, 0.4) is 0 Å². The largest absolute Gasteiger partial charge is 0.460 e. The highest BCUT2D eigenvalue weighted by atomic mass is 16.5. The summed E-state index contributed by atoms with van der Waals surface area (Å²) >= 11 is 0. The summed E-state index contributed by atoms with van der Waals surface area (Å²) in [6.07, 6.45) is 0.917. The van der Waals surface area contributed by atoms with Crippen molar-refractivity contribution in [3.05, 3.63) is 12.7 Å². The number of rotatable bonds is 5. The molecule has 70 valence electrons. The maximum atomic E-state index is 10.9. The van der Waals surface area contributed by atoms with Gasteiger partial charge in [-0.1, -0.05) is 26.5 Å². The molecule has 3 heteroatoms. The second-order valence-corrected chi connectivity index (χ2v) is 3.06. The maximum Gasteiger partial charge on any atom is 0.335 e. The third-order valence-corrected chi connectivity index (χ3v) is 1.31. The second-order valence-electron chi connectivity index (χ2n) is 3.06. The average Bonchev–Trinajstić information content (AvgIpc) is 1.98. The van der Waals surface area contributed by atoms with Gasteiger partial charge in [0, 0.05) is 0 Å². The molecule has 0 aliphatic carbocycles. The lowest BCUT2D eigenvalue weighted by molar-refractivity contribution is -0.153. The Morgan fingerprint density at radius 1 is 1.67 bits per heavy atom. The van der Waals surface area contributed by atoms with Crippen LogP contribution in [0.5, 0.6) is 0 Å². The van der Waals surface area contributed by atoms with E-state index in [0.717, 1.165) is 0 Å². The monoisotopic (exact) mass is 172 g/mol. The molecule has 0 amide bonds. The number of carbonyl (C=O) groups is 1. The van der Waals surface area contributed by atoms with E-state index in [2.05, 4.69) is 11.3 Å². The van der Waals surface area contributed by atoms with Gasteiger partial charge < -0.3 is 9.84 Å². The highest BCUT2D eigenvalue weighted by Crippen LogP contribution is 2.05. The molecule has 0 spiro atoms. The van der Waals surface area contributed by atoms with Crippen molar-refractivity contribution < 1.29 is 14.6 Å². The fourth-order valence-corrected chi connectivity index (χ4v) is 0.780. The molecule has 0 heterocycles. The average molecular weight is 172 g/mol. The van der Waals surface area contributed by atoms with Crippen molar-refractivity contribution >= 4 is 5.97 Å². The first-order valence-corrected chi connectivity index (χ1v) is 4.03. The van der Waals surface area contributed by atoms with E-state index in [-0.39, 0.29) is 12.5 Å². The van der Waals surface area contributed by atoms with E-state index in [1.54, 1.807) is 0 Å². The lowest BCUT2D eigenvalue weighted by Crippen LogP contribution is -2.24. The highest BCUT2D eigenvalue weighted by molar-refractivity contribution is 5.74. The summed E-state index contributed by atoms with van der Waals surface area (Å²) in [6, 6.07) is 0. The normalized spacial score (nSPS) is 12.7. The predicted octanol–water partition coefficient (Wildman–Crippen LogP) is 1.12. The van der Waals surface area contributed by atoms with E-state index in [1.165, 1.54) is 6.08 Å². The number of aliphatic hydroxyl groups is 1. The minimum absolute atomic E-state index is 0.161. The summed E-state index contributed by atoms with van der Waals surface area (Å²) < 4.78 is 4.65. The highest BCUT2D eigenvalue weighted by Gasteiger charge is 2.16. The molecule has 0 aliphatic rings. The molecular weight excluding hydrogens is 156 g/mol. The molecule has 0 fully saturated rings. The van der Waals surface area contributed by atoms with Gasteiger partial charge in [-0.15, -0.1) is 0 Å². The summed E-state index contributed by atoms with van der Waals surface area (Å²) in [5.74, 6) is -0.278. The van der Waals surface area contributed by atoms with E-state index >= 15 is 0 Å². The lowest BCUT2D eigenvalue weighted by Gasteiger charge is -2.11. The molecule has 1 atom stereocenters. The zero-order valence-corrected chi connectivity index (χ0v) is 7.62. The van der Waals surface area contributed by atoms with Crippen molar-refractivity contribution in [2.45, 2.75) is 26.4 Å². The summed E-state index contributed by atoms with van der Waals surface area (Å²) in [5.41, 5.74) is 0. The van der Waals surface area contributed by atoms with Gasteiger partial charge in [-0.25, -0.2) is 4.79 Å². The first-order valence-electron chi connectivity index (χ1n) is 4.03. The molecule has 0 aromatic rings. The SMILES string of the molecule is C=CCOC(=O)[C@H](O)CC(C)C. The number of aliphatic hydroxyl groups excluding tert-OH is 1. The fraction of sp³-hybridized carbons (Fsp3) is 0.667. The Bertz CT molecular complexity index is 152. The Balaban J connectivity index is 3.68. The molecule has 0 aromatic carbocycles. The van der Waals surface area contributed by atoms with Crippen LogP contribution in [0.4, 0.5) is 0 Å². The first kappa shape index (κ1) is 11.2. The van der Waals surface area contributed by atoms with Crippen molar-refractivity contribution in [3.8, 4) is 0 Å². The summed E-state index contributed by atoms with van der Waals surface area (Å²) in [5, 5.41) is 9.21. The Morgan fingerprint density at radius 3 is 2.67 bits per heavy atom. The van der Waals surface area contributed by atoms with Crippen LogP contribution in [-0.4, -0.2) is 23.8 Å². The van der Waals surface area contributed by atoms with E-state index in [1.807, 2.05) is 13.8 Å². The molecule has 0 unspecified atom stereocenters. The van der Waals surface area contributed by atoms with E-state index in [9.17, 15) is 9.90 Å². The van der Waals surface area contributed by atoms with Crippen LogP contribution in [0.15, 0.2) is 12.7 Å². The maximum absolute atomic E-state index is 10.9. The molecule has 0 rings (SSSR count). The van der Waals surface area contributed by atoms with Crippen molar-refractivity contribution in [2.75, 3.05) is 6.61 Å². The Morgan fingerprint density at radius 2 is 2.25 bits per heavy atom. The number of carbonyl (C=O) groups excluding carboxylic acids is 1. The molecule has 0 bridgehead atoms. The first-order chi connectivity index (χ1) is 5.57. The lowest BCUT2D eigenvalue weighted by atomic mass is 10.1. The predicted molar refractivity (Wildman–Crippen MR) is 46.6 cm³/mol. The molecule has 0 saturated carbocycles. The Hall–Kier alpha value is -0.830. The van der Waals surface area contributed by atoms with Gasteiger partial charge in [0.1, 0.15) is 6.61 Å². The van der Waals surface area contributed by atoms with Crippen LogP contribution in [-0.2, 0) is 9.53 Å².